The lowest BCUT2D eigenvalue weighted by Gasteiger charge is -2.17. The molecular weight excluding hydrogens is 655 g/mol. The molecule has 0 aliphatic rings. The Bertz CT molecular complexity index is 2060. The highest BCUT2D eigenvalue weighted by atomic mass is 32.2. The molecule has 0 aliphatic carbocycles. The summed E-state index contributed by atoms with van der Waals surface area (Å²) in [6.07, 6.45) is 3.95. The number of H-pyrrole nitrogens is 1. The number of aryl methyl sites for hydroxylation is 2. The molecule has 262 valence electrons. The van der Waals surface area contributed by atoms with Crippen molar-refractivity contribution < 1.29 is 26.0 Å². The van der Waals surface area contributed by atoms with E-state index in [0.717, 1.165) is 81.4 Å². The van der Waals surface area contributed by atoms with Crippen molar-refractivity contribution in [3.8, 4) is 17.1 Å². The van der Waals surface area contributed by atoms with Crippen LogP contribution in [-0.2, 0) is 22.4 Å². The van der Waals surface area contributed by atoms with E-state index in [4.69, 9.17) is 4.42 Å². The van der Waals surface area contributed by atoms with E-state index in [1.165, 1.54) is 16.7 Å². The monoisotopic (exact) mass is 697 g/mol. The minimum Gasteiger partial charge on any atom is -0.421 e. The SMILES string of the molecule is CCS(=O)(=O)c1cccc2[nH]c(NCCCCCCCCCCc3cc(-c4nnc(C)o4)c(C)n(-c4cccc(C(F)(F)F)c4)c3=O)cc12. The molecule has 0 spiro atoms. The Morgan fingerprint density at radius 2 is 1.59 bits per heavy atom. The van der Waals surface area contributed by atoms with Gasteiger partial charge in [0.15, 0.2) is 9.84 Å². The molecule has 0 atom stereocenters. The first-order chi connectivity index (χ1) is 23.4. The largest absolute Gasteiger partial charge is 0.421 e. The van der Waals surface area contributed by atoms with E-state index in [0.29, 0.717) is 39.4 Å². The zero-order valence-electron chi connectivity index (χ0n) is 28.0. The van der Waals surface area contributed by atoms with E-state index < -0.39 is 21.6 Å². The Morgan fingerprint density at radius 1 is 0.898 bits per heavy atom. The third-order valence-electron chi connectivity index (χ3n) is 8.74. The molecule has 5 rings (SSSR count). The molecule has 0 aliphatic heterocycles. The van der Waals surface area contributed by atoms with Gasteiger partial charge in [-0.3, -0.25) is 9.36 Å². The Labute approximate surface area is 283 Å². The Balaban J connectivity index is 1.10. The molecule has 0 amide bonds. The van der Waals surface area contributed by atoms with Gasteiger partial charge in [-0.05, 0) is 68.7 Å². The molecule has 0 saturated carbocycles. The number of halogens is 3. The maximum atomic E-state index is 13.6. The Morgan fingerprint density at radius 3 is 2.27 bits per heavy atom. The minimum absolute atomic E-state index is 0.0589. The van der Waals surface area contributed by atoms with Gasteiger partial charge >= 0.3 is 6.18 Å². The number of nitrogens with zero attached hydrogens (tertiary/aromatic N) is 3. The lowest BCUT2D eigenvalue weighted by Crippen LogP contribution is -2.25. The van der Waals surface area contributed by atoms with Crippen LogP contribution in [0.25, 0.3) is 28.0 Å². The molecule has 2 N–H and O–H groups in total. The van der Waals surface area contributed by atoms with Crippen LogP contribution in [-0.4, -0.2) is 40.5 Å². The van der Waals surface area contributed by atoms with Gasteiger partial charge in [0, 0.05) is 41.3 Å². The van der Waals surface area contributed by atoms with Crippen molar-refractivity contribution in [1.29, 1.82) is 0 Å². The molecule has 49 heavy (non-hydrogen) atoms. The van der Waals surface area contributed by atoms with Gasteiger partial charge in [0.25, 0.3) is 5.56 Å². The molecule has 9 nitrogen and oxygen atoms in total. The van der Waals surface area contributed by atoms with Gasteiger partial charge in [-0.15, -0.1) is 10.2 Å². The average molecular weight is 698 g/mol. The van der Waals surface area contributed by atoms with Gasteiger partial charge in [-0.25, -0.2) is 8.42 Å². The number of unbranched alkanes of at least 4 members (excludes halogenated alkanes) is 7. The molecule has 0 fully saturated rings. The van der Waals surface area contributed by atoms with Gasteiger partial charge in [-0.1, -0.05) is 57.6 Å². The highest BCUT2D eigenvalue weighted by Gasteiger charge is 2.31. The summed E-state index contributed by atoms with van der Waals surface area (Å²) in [5.41, 5.74) is 1.16. The first kappa shape index (κ1) is 35.9. The maximum Gasteiger partial charge on any atom is 0.416 e. The van der Waals surface area contributed by atoms with Crippen molar-refractivity contribution in [2.24, 2.45) is 0 Å². The van der Waals surface area contributed by atoms with Crippen molar-refractivity contribution in [2.45, 2.75) is 89.6 Å². The molecule has 0 saturated heterocycles. The smallest absolute Gasteiger partial charge is 0.416 e. The molecule has 5 aromatic rings. The van der Waals surface area contributed by atoms with E-state index >= 15 is 0 Å². The highest BCUT2D eigenvalue weighted by molar-refractivity contribution is 7.91. The van der Waals surface area contributed by atoms with Crippen molar-refractivity contribution in [1.82, 2.24) is 19.7 Å². The molecule has 0 bridgehead atoms. The van der Waals surface area contributed by atoms with Crippen LogP contribution in [0.3, 0.4) is 0 Å². The van der Waals surface area contributed by atoms with E-state index in [-0.39, 0.29) is 22.9 Å². The first-order valence-electron chi connectivity index (χ1n) is 16.7. The number of sulfone groups is 1. The van der Waals surface area contributed by atoms with Crippen molar-refractivity contribution in [2.75, 3.05) is 17.6 Å². The number of fused-ring (bicyclic) bond motifs is 1. The molecular formula is C36H42F3N5O4S. The van der Waals surface area contributed by atoms with Crippen LogP contribution in [0.4, 0.5) is 19.0 Å². The predicted octanol–water partition coefficient (Wildman–Crippen LogP) is 8.57. The summed E-state index contributed by atoms with van der Waals surface area (Å²) in [7, 11) is -3.30. The van der Waals surface area contributed by atoms with Crippen LogP contribution in [0.15, 0.2) is 68.7 Å². The van der Waals surface area contributed by atoms with Crippen LogP contribution in [0.2, 0.25) is 0 Å². The van der Waals surface area contributed by atoms with Crippen molar-refractivity contribution in [3.63, 3.8) is 0 Å². The molecule has 13 heteroatoms. The Kier molecular flexibility index (Phi) is 11.3. The maximum absolute atomic E-state index is 13.6. The minimum atomic E-state index is -4.54. The molecule has 0 unspecified atom stereocenters. The molecule has 3 heterocycles. The fourth-order valence-electron chi connectivity index (χ4n) is 6.06. The quantitative estimate of drug-likeness (QED) is 0.0991. The second-order valence-corrected chi connectivity index (χ2v) is 14.5. The summed E-state index contributed by atoms with van der Waals surface area (Å²) >= 11 is 0. The summed E-state index contributed by atoms with van der Waals surface area (Å²) in [5.74, 6) is 1.43. The van der Waals surface area contributed by atoms with E-state index in [9.17, 15) is 26.4 Å². The standard InChI is InChI=1S/C36H42F3N5O4S/c1-4-49(46,47)32-19-14-18-31-30(32)23-33(41-31)40-20-12-10-8-6-5-7-9-11-15-26-21-29(34-43-42-25(3)48-34)24(2)44(35(26)45)28-17-13-16-27(22-28)36(37,38)39/h13-14,16-19,21-23,40-41H,4-12,15,20H2,1-3H3. The first-order valence-corrected chi connectivity index (χ1v) is 18.4. The fraction of sp³-hybridized carbons (Fsp3) is 0.417. The van der Waals surface area contributed by atoms with E-state index in [2.05, 4.69) is 20.5 Å². The number of anilines is 1. The zero-order valence-corrected chi connectivity index (χ0v) is 28.8. The van der Waals surface area contributed by atoms with Gasteiger partial charge in [-0.2, -0.15) is 13.2 Å². The number of hydrogen-bond donors (Lipinski definition) is 2. The topological polar surface area (TPSA) is 123 Å². The number of hydrogen-bond acceptors (Lipinski definition) is 7. The van der Waals surface area contributed by atoms with Crippen LogP contribution in [0.5, 0.6) is 0 Å². The third-order valence-corrected chi connectivity index (χ3v) is 10.5. The number of alkyl halides is 3. The summed E-state index contributed by atoms with van der Waals surface area (Å²) in [6.45, 7) is 5.74. The lowest BCUT2D eigenvalue weighted by atomic mass is 10.0. The number of nitrogens with one attached hydrogen (secondary N) is 2. The molecule has 0 radical (unpaired) electrons. The summed E-state index contributed by atoms with van der Waals surface area (Å²) in [6, 6.07) is 13.6. The Hall–Kier alpha value is -4.39. The van der Waals surface area contributed by atoms with Crippen LogP contribution in [0.1, 0.15) is 81.0 Å². The fourth-order valence-corrected chi connectivity index (χ4v) is 7.16. The number of rotatable bonds is 16. The van der Waals surface area contributed by atoms with Crippen LogP contribution >= 0.6 is 0 Å². The predicted molar refractivity (Wildman–Crippen MR) is 185 cm³/mol. The van der Waals surface area contributed by atoms with Gasteiger partial charge in [0.2, 0.25) is 11.8 Å². The average Bonchev–Trinajstić information content (AvgIpc) is 3.70. The van der Waals surface area contributed by atoms with Crippen LogP contribution < -0.4 is 10.9 Å². The summed E-state index contributed by atoms with van der Waals surface area (Å²) in [4.78, 5) is 17.2. The lowest BCUT2D eigenvalue weighted by molar-refractivity contribution is -0.137. The summed E-state index contributed by atoms with van der Waals surface area (Å²) in [5, 5.41) is 12.1. The second-order valence-electron chi connectivity index (χ2n) is 12.3. The number of aromatic nitrogens is 4. The molecule has 2 aromatic carbocycles. The molecule has 3 aromatic heterocycles. The third kappa shape index (κ3) is 8.62. The normalized spacial score (nSPS) is 12.2. The van der Waals surface area contributed by atoms with Gasteiger partial charge in [0.1, 0.15) is 5.82 Å². The number of aromatic amines is 1. The van der Waals surface area contributed by atoms with E-state index in [1.807, 2.05) is 12.1 Å². The van der Waals surface area contributed by atoms with Crippen molar-refractivity contribution in [3.05, 3.63) is 87.7 Å². The van der Waals surface area contributed by atoms with Crippen LogP contribution in [0, 0.1) is 13.8 Å². The van der Waals surface area contributed by atoms with Gasteiger partial charge in [0.05, 0.1) is 21.8 Å². The second kappa shape index (κ2) is 15.4. The highest BCUT2D eigenvalue weighted by Crippen LogP contribution is 2.32. The summed E-state index contributed by atoms with van der Waals surface area (Å²) < 4.78 is 72.3. The number of benzene rings is 2. The van der Waals surface area contributed by atoms with Crippen molar-refractivity contribution >= 4 is 26.6 Å². The zero-order chi connectivity index (χ0) is 35.2. The van der Waals surface area contributed by atoms with E-state index in [1.54, 1.807) is 39.0 Å². The number of pyridine rings is 1. The van der Waals surface area contributed by atoms with Gasteiger partial charge < -0.3 is 14.7 Å².